The van der Waals surface area contributed by atoms with E-state index in [2.05, 4.69) is 0 Å². The highest BCUT2D eigenvalue weighted by Crippen LogP contribution is 2.07. The Hall–Kier alpha value is -1.15. The van der Waals surface area contributed by atoms with Crippen LogP contribution in [0.25, 0.3) is 0 Å². The Balaban J connectivity index is 2.34. The summed E-state index contributed by atoms with van der Waals surface area (Å²) in [5.74, 6) is 0.136. The van der Waals surface area contributed by atoms with Crippen molar-refractivity contribution in [2.45, 2.75) is 32.3 Å². The SMILES string of the molecule is CC(=O)CCC(O)Cc1ccccc1. The fourth-order valence-electron chi connectivity index (χ4n) is 1.36. The van der Waals surface area contributed by atoms with E-state index in [1.165, 1.54) is 0 Å². The maximum absolute atomic E-state index is 10.7. The smallest absolute Gasteiger partial charge is 0.129 e. The van der Waals surface area contributed by atoms with Crippen LogP contribution in [0.2, 0.25) is 0 Å². The molecule has 76 valence electrons. The van der Waals surface area contributed by atoms with E-state index in [0.29, 0.717) is 19.3 Å². The molecule has 1 rings (SSSR count). The molecular weight excluding hydrogens is 176 g/mol. The lowest BCUT2D eigenvalue weighted by Crippen LogP contribution is -2.11. The first-order valence-corrected chi connectivity index (χ1v) is 4.90. The van der Waals surface area contributed by atoms with Crippen LogP contribution in [0.5, 0.6) is 0 Å². The van der Waals surface area contributed by atoms with Crippen LogP contribution in [0.4, 0.5) is 0 Å². The molecule has 2 nitrogen and oxygen atoms in total. The van der Waals surface area contributed by atoms with Gasteiger partial charge in [0, 0.05) is 6.42 Å². The Morgan fingerprint density at radius 1 is 1.36 bits per heavy atom. The van der Waals surface area contributed by atoms with Crippen LogP contribution >= 0.6 is 0 Å². The molecule has 0 heterocycles. The third kappa shape index (κ3) is 4.19. The summed E-state index contributed by atoms with van der Waals surface area (Å²) < 4.78 is 0. The Bertz CT molecular complexity index is 280. The Morgan fingerprint density at radius 2 is 2.00 bits per heavy atom. The standard InChI is InChI=1S/C12H16O2/c1-10(13)7-8-12(14)9-11-5-3-2-4-6-11/h2-6,12,14H,7-9H2,1H3. The molecule has 0 spiro atoms. The number of carbonyl (C=O) groups excluding carboxylic acids is 1. The van der Waals surface area contributed by atoms with E-state index in [-0.39, 0.29) is 5.78 Å². The minimum atomic E-state index is -0.402. The first kappa shape index (κ1) is 10.9. The van der Waals surface area contributed by atoms with Gasteiger partial charge in [0.1, 0.15) is 5.78 Å². The fourth-order valence-corrected chi connectivity index (χ4v) is 1.36. The zero-order chi connectivity index (χ0) is 10.4. The van der Waals surface area contributed by atoms with Crippen molar-refractivity contribution in [3.63, 3.8) is 0 Å². The Labute approximate surface area is 84.6 Å². The van der Waals surface area contributed by atoms with Gasteiger partial charge in [-0.2, -0.15) is 0 Å². The van der Waals surface area contributed by atoms with Gasteiger partial charge in [0.15, 0.2) is 0 Å². The predicted octanol–water partition coefficient (Wildman–Crippen LogP) is 1.96. The highest BCUT2D eigenvalue weighted by molar-refractivity contribution is 5.75. The number of rotatable bonds is 5. The summed E-state index contributed by atoms with van der Waals surface area (Å²) in [5, 5.41) is 9.60. The molecule has 0 amide bonds. The van der Waals surface area contributed by atoms with Crippen molar-refractivity contribution >= 4 is 5.78 Å². The van der Waals surface area contributed by atoms with Gasteiger partial charge < -0.3 is 9.90 Å². The molecule has 1 aromatic carbocycles. The number of ketones is 1. The summed E-state index contributed by atoms with van der Waals surface area (Å²) in [6.07, 6.45) is 1.26. The number of carbonyl (C=O) groups is 1. The van der Waals surface area contributed by atoms with E-state index in [1.54, 1.807) is 6.92 Å². The van der Waals surface area contributed by atoms with Crippen molar-refractivity contribution < 1.29 is 9.90 Å². The third-order valence-electron chi connectivity index (χ3n) is 2.14. The largest absolute Gasteiger partial charge is 0.393 e. The van der Waals surface area contributed by atoms with Gasteiger partial charge in [-0.1, -0.05) is 30.3 Å². The average molecular weight is 192 g/mol. The minimum absolute atomic E-state index is 0.136. The molecule has 0 aliphatic rings. The fraction of sp³-hybridized carbons (Fsp3) is 0.417. The maximum Gasteiger partial charge on any atom is 0.129 e. The van der Waals surface area contributed by atoms with Crippen LogP contribution < -0.4 is 0 Å². The lowest BCUT2D eigenvalue weighted by atomic mass is 10.0. The van der Waals surface area contributed by atoms with Gasteiger partial charge in [-0.25, -0.2) is 0 Å². The van der Waals surface area contributed by atoms with E-state index < -0.39 is 6.10 Å². The number of Topliss-reactive ketones (excluding diaryl/α,β-unsaturated/α-hetero) is 1. The first-order chi connectivity index (χ1) is 6.68. The average Bonchev–Trinajstić information content (AvgIpc) is 2.16. The van der Waals surface area contributed by atoms with Gasteiger partial charge in [-0.15, -0.1) is 0 Å². The van der Waals surface area contributed by atoms with Gasteiger partial charge in [0.25, 0.3) is 0 Å². The highest BCUT2D eigenvalue weighted by Gasteiger charge is 2.06. The summed E-state index contributed by atoms with van der Waals surface area (Å²) >= 11 is 0. The minimum Gasteiger partial charge on any atom is -0.393 e. The number of aliphatic hydroxyl groups excluding tert-OH is 1. The lowest BCUT2D eigenvalue weighted by Gasteiger charge is -2.08. The third-order valence-corrected chi connectivity index (χ3v) is 2.14. The molecule has 0 bridgehead atoms. The Morgan fingerprint density at radius 3 is 2.57 bits per heavy atom. The molecule has 1 unspecified atom stereocenters. The number of aliphatic hydroxyl groups is 1. The number of hydrogen-bond acceptors (Lipinski definition) is 2. The second kappa shape index (κ2) is 5.55. The quantitative estimate of drug-likeness (QED) is 0.774. The molecule has 0 saturated carbocycles. The zero-order valence-corrected chi connectivity index (χ0v) is 8.44. The summed E-state index contributed by atoms with van der Waals surface area (Å²) in [5.41, 5.74) is 1.11. The molecule has 0 radical (unpaired) electrons. The van der Waals surface area contributed by atoms with Crippen LogP contribution in [-0.4, -0.2) is 17.0 Å². The molecule has 0 aliphatic heterocycles. The molecule has 0 aliphatic carbocycles. The van der Waals surface area contributed by atoms with E-state index in [9.17, 15) is 9.90 Å². The predicted molar refractivity (Wildman–Crippen MR) is 56.1 cm³/mol. The van der Waals surface area contributed by atoms with Crippen molar-refractivity contribution in [3.8, 4) is 0 Å². The highest BCUT2D eigenvalue weighted by atomic mass is 16.3. The summed E-state index contributed by atoms with van der Waals surface area (Å²) in [6, 6.07) is 9.82. The molecule has 1 aromatic rings. The topological polar surface area (TPSA) is 37.3 Å². The molecule has 2 heteroatoms. The van der Waals surface area contributed by atoms with Gasteiger partial charge in [0.2, 0.25) is 0 Å². The molecule has 1 atom stereocenters. The van der Waals surface area contributed by atoms with Crippen molar-refractivity contribution in [2.75, 3.05) is 0 Å². The summed E-state index contributed by atoms with van der Waals surface area (Å²) in [6.45, 7) is 1.55. The van der Waals surface area contributed by atoms with Crippen LogP contribution in [0, 0.1) is 0 Å². The van der Waals surface area contributed by atoms with Gasteiger partial charge in [-0.05, 0) is 25.3 Å². The van der Waals surface area contributed by atoms with E-state index in [1.807, 2.05) is 30.3 Å². The normalized spacial score (nSPS) is 12.4. The molecular formula is C12H16O2. The second-order valence-electron chi connectivity index (χ2n) is 3.58. The molecule has 0 saturated heterocycles. The number of benzene rings is 1. The molecule has 14 heavy (non-hydrogen) atoms. The van der Waals surface area contributed by atoms with Crippen LogP contribution in [0.15, 0.2) is 30.3 Å². The summed E-state index contributed by atoms with van der Waals surface area (Å²) in [4.78, 5) is 10.7. The van der Waals surface area contributed by atoms with Crippen LogP contribution in [0.1, 0.15) is 25.3 Å². The molecule has 1 N–H and O–H groups in total. The Kier molecular flexibility index (Phi) is 4.33. The molecule has 0 aromatic heterocycles. The maximum atomic E-state index is 10.7. The van der Waals surface area contributed by atoms with Crippen LogP contribution in [0.3, 0.4) is 0 Å². The second-order valence-corrected chi connectivity index (χ2v) is 3.58. The van der Waals surface area contributed by atoms with E-state index in [4.69, 9.17) is 0 Å². The molecule has 0 fully saturated rings. The van der Waals surface area contributed by atoms with Crippen molar-refractivity contribution in [1.29, 1.82) is 0 Å². The van der Waals surface area contributed by atoms with Crippen molar-refractivity contribution in [3.05, 3.63) is 35.9 Å². The number of hydrogen-bond donors (Lipinski definition) is 1. The van der Waals surface area contributed by atoms with Crippen LogP contribution in [-0.2, 0) is 11.2 Å². The van der Waals surface area contributed by atoms with Gasteiger partial charge in [0.05, 0.1) is 6.10 Å². The van der Waals surface area contributed by atoms with Gasteiger partial charge >= 0.3 is 0 Å². The van der Waals surface area contributed by atoms with Gasteiger partial charge in [-0.3, -0.25) is 0 Å². The first-order valence-electron chi connectivity index (χ1n) is 4.90. The van der Waals surface area contributed by atoms with E-state index >= 15 is 0 Å². The summed E-state index contributed by atoms with van der Waals surface area (Å²) in [7, 11) is 0. The lowest BCUT2D eigenvalue weighted by molar-refractivity contribution is -0.117. The van der Waals surface area contributed by atoms with Crippen molar-refractivity contribution in [2.24, 2.45) is 0 Å². The zero-order valence-electron chi connectivity index (χ0n) is 8.44. The van der Waals surface area contributed by atoms with Crippen molar-refractivity contribution in [1.82, 2.24) is 0 Å². The van der Waals surface area contributed by atoms with E-state index in [0.717, 1.165) is 5.56 Å². The monoisotopic (exact) mass is 192 g/mol.